The molecule has 28 heavy (non-hydrogen) atoms. The van der Waals surface area contributed by atoms with Crippen molar-refractivity contribution in [2.45, 2.75) is 156 Å². The fourth-order valence-corrected chi connectivity index (χ4v) is 3.74. The molecule has 0 heterocycles. The number of hydrogen-bond donors (Lipinski definition) is 0. The molecule has 0 spiro atoms. The van der Waals surface area contributed by atoms with E-state index in [4.69, 9.17) is 4.74 Å². The average Bonchev–Trinajstić information content (AvgIpc) is 2.63. The van der Waals surface area contributed by atoms with E-state index in [1.807, 2.05) is 0 Å². The molecular weight excluding hydrogens is 344 g/mol. The molecule has 2 nitrogen and oxygen atoms in total. The summed E-state index contributed by atoms with van der Waals surface area (Å²) in [5.41, 5.74) is 0.403. The molecular formula is C26H52O2. The van der Waals surface area contributed by atoms with Crippen molar-refractivity contribution in [3.63, 3.8) is 0 Å². The van der Waals surface area contributed by atoms with Crippen LogP contribution in [-0.4, -0.2) is 12.1 Å². The van der Waals surface area contributed by atoms with Crippen LogP contribution in [0.5, 0.6) is 0 Å². The van der Waals surface area contributed by atoms with Crippen LogP contribution in [0.4, 0.5) is 0 Å². The number of esters is 1. The van der Waals surface area contributed by atoms with E-state index in [0.717, 1.165) is 25.7 Å². The van der Waals surface area contributed by atoms with E-state index in [-0.39, 0.29) is 12.1 Å². The minimum Gasteiger partial charge on any atom is -0.462 e. The molecule has 1 atom stereocenters. The summed E-state index contributed by atoms with van der Waals surface area (Å²) in [4.78, 5) is 12.3. The van der Waals surface area contributed by atoms with Crippen LogP contribution in [0, 0.1) is 5.41 Å². The zero-order valence-corrected chi connectivity index (χ0v) is 20.1. The maximum atomic E-state index is 12.3. The van der Waals surface area contributed by atoms with Crippen LogP contribution in [-0.2, 0) is 9.53 Å². The maximum absolute atomic E-state index is 12.3. The Labute approximate surface area is 177 Å². The van der Waals surface area contributed by atoms with Gasteiger partial charge in [-0.15, -0.1) is 0 Å². The van der Waals surface area contributed by atoms with Gasteiger partial charge < -0.3 is 4.74 Å². The van der Waals surface area contributed by atoms with Crippen LogP contribution in [0.25, 0.3) is 0 Å². The molecule has 0 fully saturated rings. The van der Waals surface area contributed by atoms with Gasteiger partial charge in [0, 0.05) is 6.42 Å². The normalized spacial score (nSPS) is 12.9. The molecule has 0 bridgehead atoms. The lowest BCUT2D eigenvalue weighted by Crippen LogP contribution is -2.18. The van der Waals surface area contributed by atoms with Gasteiger partial charge in [0.2, 0.25) is 0 Å². The molecule has 0 aliphatic heterocycles. The van der Waals surface area contributed by atoms with Gasteiger partial charge in [-0.2, -0.15) is 0 Å². The van der Waals surface area contributed by atoms with Crippen LogP contribution >= 0.6 is 0 Å². The predicted molar refractivity (Wildman–Crippen MR) is 124 cm³/mol. The first kappa shape index (κ1) is 27.5. The number of carbonyl (C=O) groups excluding carboxylic acids is 1. The summed E-state index contributed by atoms with van der Waals surface area (Å²) in [5, 5.41) is 0. The Morgan fingerprint density at radius 3 is 1.68 bits per heavy atom. The largest absolute Gasteiger partial charge is 0.462 e. The number of unbranched alkanes of at least 4 members (excludes halogenated alkanes) is 11. The molecule has 2 heteroatoms. The van der Waals surface area contributed by atoms with Crippen LogP contribution in [0.2, 0.25) is 0 Å². The van der Waals surface area contributed by atoms with E-state index in [2.05, 4.69) is 34.6 Å². The van der Waals surface area contributed by atoms with Gasteiger partial charge in [0.1, 0.15) is 6.10 Å². The number of rotatable bonds is 19. The number of carbonyl (C=O) groups is 1. The van der Waals surface area contributed by atoms with E-state index in [0.29, 0.717) is 11.8 Å². The highest BCUT2D eigenvalue weighted by Crippen LogP contribution is 2.22. The van der Waals surface area contributed by atoms with Crippen molar-refractivity contribution in [1.82, 2.24) is 0 Å². The summed E-state index contributed by atoms with van der Waals surface area (Å²) in [6, 6.07) is 0. The van der Waals surface area contributed by atoms with E-state index >= 15 is 0 Å². The molecule has 0 radical (unpaired) electrons. The van der Waals surface area contributed by atoms with Crippen LogP contribution in [0.1, 0.15) is 150 Å². The highest BCUT2D eigenvalue weighted by Gasteiger charge is 2.14. The lowest BCUT2D eigenvalue weighted by atomic mass is 9.89. The predicted octanol–water partition coefficient (Wildman–Crippen LogP) is 9.01. The molecule has 0 saturated carbocycles. The summed E-state index contributed by atoms with van der Waals surface area (Å²) in [7, 11) is 0. The summed E-state index contributed by atoms with van der Waals surface area (Å²) in [6.45, 7) is 11.4. The highest BCUT2D eigenvalue weighted by atomic mass is 16.5. The minimum absolute atomic E-state index is 0.0409. The molecule has 168 valence electrons. The molecule has 0 amide bonds. The summed E-state index contributed by atoms with van der Waals surface area (Å²) in [5.74, 6) is 0.0409. The smallest absolute Gasteiger partial charge is 0.306 e. The van der Waals surface area contributed by atoms with Crippen molar-refractivity contribution >= 4 is 5.97 Å². The summed E-state index contributed by atoms with van der Waals surface area (Å²) < 4.78 is 5.88. The number of ether oxygens (including phenoxy) is 1. The van der Waals surface area contributed by atoms with Gasteiger partial charge in [0.05, 0.1) is 0 Å². The van der Waals surface area contributed by atoms with Crippen LogP contribution in [0.3, 0.4) is 0 Å². The van der Waals surface area contributed by atoms with Crippen LogP contribution in [0.15, 0.2) is 0 Å². The zero-order chi connectivity index (χ0) is 21.1. The second-order valence-electron chi connectivity index (χ2n) is 9.99. The monoisotopic (exact) mass is 396 g/mol. The van der Waals surface area contributed by atoms with Gasteiger partial charge in [0.15, 0.2) is 0 Å². The Kier molecular flexibility index (Phi) is 18.1. The van der Waals surface area contributed by atoms with Crippen molar-refractivity contribution in [1.29, 1.82) is 0 Å². The van der Waals surface area contributed by atoms with Gasteiger partial charge in [-0.3, -0.25) is 4.79 Å². The van der Waals surface area contributed by atoms with Crippen molar-refractivity contribution in [3.05, 3.63) is 0 Å². The molecule has 0 rings (SSSR count). The molecule has 0 N–H and O–H groups in total. The molecule has 0 saturated heterocycles. The summed E-state index contributed by atoms with van der Waals surface area (Å²) >= 11 is 0. The van der Waals surface area contributed by atoms with E-state index in [1.54, 1.807) is 0 Å². The quantitative estimate of drug-likeness (QED) is 0.161. The van der Waals surface area contributed by atoms with Crippen molar-refractivity contribution < 1.29 is 9.53 Å². The topological polar surface area (TPSA) is 26.3 Å². The van der Waals surface area contributed by atoms with E-state index in [9.17, 15) is 4.79 Å². The Morgan fingerprint density at radius 2 is 1.14 bits per heavy atom. The second kappa shape index (κ2) is 18.5. The molecule has 1 unspecified atom stereocenters. The first-order chi connectivity index (χ1) is 13.4. The number of hydrogen-bond acceptors (Lipinski definition) is 2. The molecule has 0 aliphatic rings. The average molecular weight is 397 g/mol. The van der Waals surface area contributed by atoms with Gasteiger partial charge >= 0.3 is 5.97 Å². The van der Waals surface area contributed by atoms with E-state index < -0.39 is 0 Å². The van der Waals surface area contributed by atoms with Crippen molar-refractivity contribution in [2.24, 2.45) is 5.41 Å². The Balaban J connectivity index is 4.01. The van der Waals surface area contributed by atoms with E-state index in [1.165, 1.54) is 83.5 Å². The van der Waals surface area contributed by atoms with Crippen molar-refractivity contribution in [3.8, 4) is 0 Å². The molecule has 0 aromatic rings. The Morgan fingerprint density at radius 1 is 0.679 bits per heavy atom. The van der Waals surface area contributed by atoms with Gasteiger partial charge in [-0.25, -0.2) is 0 Å². The van der Waals surface area contributed by atoms with Crippen molar-refractivity contribution in [2.75, 3.05) is 0 Å². The fraction of sp³-hybridized carbons (Fsp3) is 0.962. The van der Waals surface area contributed by atoms with Gasteiger partial charge in [0.25, 0.3) is 0 Å². The molecule has 0 aromatic heterocycles. The first-order valence-electron chi connectivity index (χ1n) is 12.6. The lowest BCUT2D eigenvalue weighted by Gasteiger charge is -2.19. The standard InChI is InChI=1S/C26H52O2/c1-6-8-10-12-13-14-17-21-24(20-16-11-9-7-2)28-25(27)22-18-15-19-23-26(3,4)5/h24H,6-23H2,1-5H3. The highest BCUT2D eigenvalue weighted by molar-refractivity contribution is 5.69. The Bertz CT molecular complexity index is 343. The SMILES string of the molecule is CCCCCCCCCC(CCCCCC)OC(=O)CCCCCC(C)(C)C. The first-order valence-corrected chi connectivity index (χ1v) is 12.6. The minimum atomic E-state index is 0.0409. The second-order valence-corrected chi connectivity index (χ2v) is 9.99. The molecule has 0 aliphatic carbocycles. The van der Waals surface area contributed by atoms with Gasteiger partial charge in [-0.05, 0) is 43.9 Å². The third kappa shape index (κ3) is 20.2. The molecule has 0 aromatic carbocycles. The lowest BCUT2D eigenvalue weighted by molar-refractivity contribution is -0.150. The zero-order valence-electron chi connectivity index (χ0n) is 20.1. The van der Waals surface area contributed by atoms with Crippen LogP contribution < -0.4 is 0 Å². The fourth-order valence-electron chi connectivity index (χ4n) is 3.74. The third-order valence-corrected chi connectivity index (χ3v) is 5.62. The maximum Gasteiger partial charge on any atom is 0.306 e. The van der Waals surface area contributed by atoms with Gasteiger partial charge in [-0.1, -0.05) is 105 Å². The Hall–Kier alpha value is -0.530. The third-order valence-electron chi connectivity index (χ3n) is 5.62. The summed E-state index contributed by atoms with van der Waals surface area (Å²) in [6.07, 6.45) is 21.8.